The van der Waals surface area contributed by atoms with Gasteiger partial charge in [0, 0.05) is 12.3 Å². The van der Waals surface area contributed by atoms with Crippen molar-refractivity contribution in [2.75, 3.05) is 21.3 Å². The number of rotatable bonds is 4. The van der Waals surface area contributed by atoms with Crippen LogP contribution in [0.3, 0.4) is 0 Å². The fourth-order valence-corrected chi connectivity index (χ4v) is 2.13. The number of carbonyl (C=O) groups excluding carboxylic acids is 2. The van der Waals surface area contributed by atoms with Gasteiger partial charge in [-0.1, -0.05) is 0 Å². The lowest BCUT2D eigenvalue weighted by atomic mass is 10.0. The minimum absolute atomic E-state index is 0.256. The van der Waals surface area contributed by atoms with Gasteiger partial charge in [-0.25, -0.2) is 4.79 Å². The summed E-state index contributed by atoms with van der Waals surface area (Å²) in [5, 5.41) is 1.29. The van der Waals surface area contributed by atoms with E-state index in [0.717, 1.165) is 0 Å². The van der Waals surface area contributed by atoms with Gasteiger partial charge in [-0.05, 0) is 29.7 Å². The lowest BCUT2D eigenvalue weighted by Gasteiger charge is -2.13. The Balaban J connectivity index is 2.75. The summed E-state index contributed by atoms with van der Waals surface area (Å²) in [6, 6.07) is 6.48. The molecule has 0 bridgehead atoms. The first-order valence-corrected chi connectivity index (χ1v) is 6.46. The predicted molar refractivity (Wildman–Crippen MR) is 79.7 cm³/mol. The van der Waals surface area contributed by atoms with Crippen molar-refractivity contribution in [1.82, 2.24) is 0 Å². The van der Waals surface area contributed by atoms with Gasteiger partial charge in [-0.15, -0.1) is 0 Å². The molecule has 2 aromatic rings. The van der Waals surface area contributed by atoms with Crippen molar-refractivity contribution in [2.45, 2.75) is 6.92 Å². The zero-order valence-electron chi connectivity index (χ0n) is 12.8. The third-order valence-electron chi connectivity index (χ3n) is 3.09. The van der Waals surface area contributed by atoms with Gasteiger partial charge < -0.3 is 18.9 Å². The van der Waals surface area contributed by atoms with E-state index in [9.17, 15) is 9.59 Å². The van der Waals surface area contributed by atoms with Crippen LogP contribution in [-0.4, -0.2) is 33.3 Å². The van der Waals surface area contributed by atoms with Crippen molar-refractivity contribution in [2.24, 2.45) is 0 Å². The average Bonchev–Trinajstić information content (AvgIpc) is 2.51. The van der Waals surface area contributed by atoms with Crippen LogP contribution < -0.4 is 14.2 Å². The summed E-state index contributed by atoms with van der Waals surface area (Å²) < 4.78 is 20.4. The molecule has 0 saturated heterocycles. The van der Waals surface area contributed by atoms with Crippen LogP contribution in [0, 0.1) is 0 Å². The van der Waals surface area contributed by atoms with Gasteiger partial charge in [0.15, 0.2) is 11.5 Å². The van der Waals surface area contributed by atoms with E-state index in [2.05, 4.69) is 0 Å². The molecule has 0 aliphatic heterocycles. The summed E-state index contributed by atoms with van der Waals surface area (Å²) in [5.41, 5.74) is 0.276. The van der Waals surface area contributed by atoms with Crippen LogP contribution >= 0.6 is 0 Å². The van der Waals surface area contributed by atoms with E-state index in [0.29, 0.717) is 22.3 Å². The van der Waals surface area contributed by atoms with Gasteiger partial charge in [0.05, 0.1) is 26.9 Å². The minimum Gasteiger partial charge on any atom is -0.493 e. The summed E-state index contributed by atoms with van der Waals surface area (Å²) in [6.07, 6.45) is 0. The first-order valence-electron chi connectivity index (χ1n) is 6.46. The summed E-state index contributed by atoms with van der Waals surface area (Å²) >= 11 is 0. The summed E-state index contributed by atoms with van der Waals surface area (Å²) in [4.78, 5) is 23.0. The summed E-state index contributed by atoms with van der Waals surface area (Å²) in [6.45, 7) is 1.29. The van der Waals surface area contributed by atoms with Gasteiger partial charge in [0.25, 0.3) is 0 Å². The van der Waals surface area contributed by atoms with Gasteiger partial charge in [-0.2, -0.15) is 0 Å². The fourth-order valence-electron chi connectivity index (χ4n) is 2.13. The number of fused-ring (bicyclic) bond motifs is 1. The van der Waals surface area contributed by atoms with Crippen LogP contribution in [0.1, 0.15) is 17.3 Å². The van der Waals surface area contributed by atoms with Crippen molar-refractivity contribution in [1.29, 1.82) is 0 Å². The minimum atomic E-state index is -0.523. The molecular formula is C16H16O6. The first kappa shape index (κ1) is 15.6. The van der Waals surface area contributed by atoms with Gasteiger partial charge in [-0.3, -0.25) is 4.79 Å². The summed E-state index contributed by atoms with van der Waals surface area (Å²) in [7, 11) is 4.31. The Morgan fingerprint density at radius 3 is 2.05 bits per heavy atom. The zero-order valence-corrected chi connectivity index (χ0v) is 12.8. The van der Waals surface area contributed by atoms with Crippen molar-refractivity contribution in [3.8, 4) is 17.2 Å². The van der Waals surface area contributed by atoms with Crippen LogP contribution in [0.4, 0.5) is 0 Å². The Labute approximate surface area is 127 Å². The third kappa shape index (κ3) is 2.95. The molecule has 0 saturated carbocycles. The highest BCUT2D eigenvalue weighted by Gasteiger charge is 2.16. The van der Waals surface area contributed by atoms with Gasteiger partial charge in [0.1, 0.15) is 5.75 Å². The Morgan fingerprint density at radius 2 is 1.50 bits per heavy atom. The van der Waals surface area contributed by atoms with Crippen LogP contribution in [-0.2, 0) is 9.53 Å². The number of benzene rings is 2. The third-order valence-corrected chi connectivity index (χ3v) is 3.09. The monoisotopic (exact) mass is 304 g/mol. The Morgan fingerprint density at radius 1 is 0.864 bits per heavy atom. The van der Waals surface area contributed by atoms with Crippen molar-refractivity contribution in [3.63, 3.8) is 0 Å². The lowest BCUT2D eigenvalue weighted by molar-refractivity contribution is -0.131. The molecule has 0 amide bonds. The number of hydrogen-bond acceptors (Lipinski definition) is 6. The maximum Gasteiger partial charge on any atom is 0.338 e. The summed E-state index contributed by atoms with van der Waals surface area (Å²) in [5.74, 6) is 0.245. The molecule has 0 aromatic heterocycles. The molecule has 0 unspecified atom stereocenters. The van der Waals surface area contributed by atoms with Crippen LogP contribution in [0.25, 0.3) is 10.8 Å². The number of ether oxygens (including phenoxy) is 4. The van der Waals surface area contributed by atoms with E-state index >= 15 is 0 Å². The van der Waals surface area contributed by atoms with Crippen molar-refractivity contribution < 1.29 is 28.5 Å². The molecule has 0 spiro atoms. The van der Waals surface area contributed by atoms with E-state index in [1.54, 1.807) is 18.2 Å². The number of esters is 2. The number of hydrogen-bond donors (Lipinski definition) is 0. The molecule has 116 valence electrons. The van der Waals surface area contributed by atoms with Crippen molar-refractivity contribution >= 4 is 22.7 Å². The Kier molecular flexibility index (Phi) is 4.50. The molecular weight excluding hydrogens is 288 g/mol. The molecule has 0 atom stereocenters. The Bertz CT molecular complexity index is 735. The highest BCUT2D eigenvalue weighted by molar-refractivity contribution is 6.00. The normalized spacial score (nSPS) is 10.2. The van der Waals surface area contributed by atoms with Crippen LogP contribution in [0.2, 0.25) is 0 Å². The van der Waals surface area contributed by atoms with Crippen LogP contribution in [0.15, 0.2) is 24.3 Å². The highest BCUT2D eigenvalue weighted by atomic mass is 16.5. The second-order valence-electron chi connectivity index (χ2n) is 4.49. The topological polar surface area (TPSA) is 71.1 Å². The van der Waals surface area contributed by atoms with Crippen LogP contribution in [0.5, 0.6) is 17.2 Å². The SMILES string of the molecule is COC(=O)c1cc(OC(C)=O)c2cc(OC)c(OC)cc2c1. The Hall–Kier alpha value is -2.76. The van der Waals surface area contributed by atoms with E-state index in [-0.39, 0.29) is 11.3 Å². The molecule has 0 aliphatic rings. The molecule has 0 aliphatic carbocycles. The van der Waals surface area contributed by atoms with E-state index in [4.69, 9.17) is 18.9 Å². The molecule has 0 heterocycles. The first-order chi connectivity index (χ1) is 10.5. The molecule has 6 nitrogen and oxygen atoms in total. The fraction of sp³-hybridized carbons (Fsp3) is 0.250. The molecule has 0 radical (unpaired) electrons. The van der Waals surface area contributed by atoms with Gasteiger partial charge in [0.2, 0.25) is 0 Å². The van der Waals surface area contributed by atoms with Crippen molar-refractivity contribution in [3.05, 3.63) is 29.8 Å². The molecule has 2 rings (SSSR count). The second-order valence-corrected chi connectivity index (χ2v) is 4.49. The van der Waals surface area contributed by atoms with E-state index < -0.39 is 11.9 Å². The largest absolute Gasteiger partial charge is 0.493 e. The van der Waals surface area contributed by atoms with Gasteiger partial charge >= 0.3 is 11.9 Å². The van der Waals surface area contributed by atoms with E-state index in [1.807, 2.05) is 0 Å². The molecule has 22 heavy (non-hydrogen) atoms. The maximum atomic E-state index is 11.8. The molecule has 2 aromatic carbocycles. The maximum absolute atomic E-state index is 11.8. The number of methoxy groups -OCH3 is 3. The molecule has 0 fully saturated rings. The predicted octanol–water partition coefficient (Wildman–Crippen LogP) is 2.57. The molecule has 6 heteroatoms. The zero-order chi connectivity index (χ0) is 16.3. The van der Waals surface area contributed by atoms with E-state index in [1.165, 1.54) is 34.3 Å². The molecule has 0 N–H and O–H groups in total. The average molecular weight is 304 g/mol. The smallest absolute Gasteiger partial charge is 0.338 e. The highest BCUT2D eigenvalue weighted by Crippen LogP contribution is 2.37. The standard InChI is InChI=1S/C16H16O6/c1-9(17)22-13-7-11(16(18)21-4)5-10-6-14(19-2)15(20-3)8-12(10)13/h5-8H,1-4H3. The quantitative estimate of drug-likeness (QED) is 0.638. The number of carbonyl (C=O) groups is 2. The lowest BCUT2D eigenvalue weighted by Crippen LogP contribution is -2.06. The second kappa shape index (κ2) is 6.34.